The number of pyridine rings is 1. The number of alkyl halides is 3. The van der Waals surface area contributed by atoms with Gasteiger partial charge >= 0.3 is 12.1 Å². The topological polar surface area (TPSA) is 95.7 Å². The van der Waals surface area contributed by atoms with Gasteiger partial charge in [-0.2, -0.15) is 13.2 Å². The molecule has 1 aliphatic heterocycles. The molecular formula is C28H29F4N3O4. The minimum atomic E-state index is -4.63. The number of fused-ring (bicyclic) bond motifs is 1. The van der Waals surface area contributed by atoms with E-state index in [2.05, 4.69) is 9.72 Å². The van der Waals surface area contributed by atoms with Crippen LogP contribution in [0.2, 0.25) is 0 Å². The molecule has 11 heteroatoms. The van der Waals surface area contributed by atoms with Gasteiger partial charge in [0.05, 0.1) is 36.7 Å². The third kappa shape index (κ3) is 5.63. The zero-order chi connectivity index (χ0) is 27.9. The van der Waals surface area contributed by atoms with E-state index in [1.165, 1.54) is 31.5 Å². The molecule has 2 aliphatic carbocycles. The number of hydrogen-bond acceptors (Lipinski definition) is 7. The minimum absolute atomic E-state index is 0.0355. The summed E-state index contributed by atoms with van der Waals surface area (Å²) in [5.41, 5.74) is -1.47. The second kappa shape index (κ2) is 10.6. The van der Waals surface area contributed by atoms with Crippen LogP contribution in [0.25, 0.3) is 0 Å². The molecule has 3 aliphatic rings. The summed E-state index contributed by atoms with van der Waals surface area (Å²) < 4.78 is 66.2. The summed E-state index contributed by atoms with van der Waals surface area (Å²) in [6.07, 6.45) is -0.784. The number of benzene rings is 1. The number of hydrogen-bond donors (Lipinski definition) is 2. The lowest BCUT2D eigenvalue weighted by Gasteiger charge is -2.22. The maximum absolute atomic E-state index is 14.7. The lowest BCUT2D eigenvalue weighted by Crippen LogP contribution is -2.26. The molecular weight excluding hydrogens is 518 g/mol. The number of allylic oxidation sites excluding steroid dienone is 1. The molecule has 0 amide bonds. The fourth-order valence-electron chi connectivity index (χ4n) is 5.64. The van der Waals surface area contributed by atoms with Crippen LogP contribution in [0, 0.1) is 29.0 Å². The van der Waals surface area contributed by atoms with Crippen LogP contribution in [0.1, 0.15) is 47.2 Å². The minimum Gasteiger partial charge on any atom is -0.512 e. The fourth-order valence-corrected chi connectivity index (χ4v) is 5.64. The van der Waals surface area contributed by atoms with Gasteiger partial charge in [0.25, 0.3) is 0 Å². The molecule has 3 fully saturated rings. The highest BCUT2D eigenvalue weighted by Crippen LogP contribution is 2.42. The van der Waals surface area contributed by atoms with Crippen molar-refractivity contribution in [3.8, 4) is 0 Å². The summed E-state index contributed by atoms with van der Waals surface area (Å²) in [5, 5.41) is 19.3. The molecule has 2 aromatic rings. The largest absolute Gasteiger partial charge is 0.512 e. The Labute approximate surface area is 222 Å². The standard InChI is InChI=1S/C28H29F4N3O4/c1-38-27(37)16-10-23(29)26(34-11-16)35-12-17-8-19(9-18(17)13-35)39-14-21(25(36)15-6-7-15)24(33)20-4-2-3-5-22(20)28(30,31)32/h2-5,10-11,15,17-19,33,36H,6-9,12-14H2,1H3/b25-21-,33-24?/t17-,18?,19+/m0/s1. The zero-order valence-electron chi connectivity index (χ0n) is 21.3. The molecule has 1 unspecified atom stereocenters. The SMILES string of the molecule is COC(=O)c1cnc(N2CC3C[C@H](OC/C(C(=N)c4ccccc4C(F)(F)F)=C(/O)C4CC4)C[C@H]3C2)c(F)c1. The van der Waals surface area contributed by atoms with Gasteiger partial charge in [-0.05, 0) is 49.7 Å². The van der Waals surface area contributed by atoms with E-state index in [4.69, 9.17) is 10.1 Å². The molecule has 1 saturated heterocycles. The van der Waals surface area contributed by atoms with E-state index in [1.807, 2.05) is 4.90 Å². The maximum atomic E-state index is 14.7. The number of aliphatic hydroxyl groups excluding tert-OH is 1. The van der Waals surface area contributed by atoms with Crippen LogP contribution in [-0.4, -0.2) is 54.7 Å². The summed E-state index contributed by atoms with van der Waals surface area (Å²) in [5.74, 6) is -0.927. The number of methoxy groups -OCH3 is 1. The second-order valence-electron chi connectivity index (χ2n) is 10.4. The van der Waals surface area contributed by atoms with Gasteiger partial charge in [0.15, 0.2) is 11.6 Å². The van der Waals surface area contributed by atoms with E-state index in [0.717, 1.165) is 25.0 Å². The van der Waals surface area contributed by atoms with Gasteiger partial charge in [-0.3, -0.25) is 5.41 Å². The van der Waals surface area contributed by atoms with E-state index < -0.39 is 23.5 Å². The van der Waals surface area contributed by atoms with Gasteiger partial charge in [-0.25, -0.2) is 14.2 Å². The molecule has 0 bridgehead atoms. The number of halogens is 4. The van der Waals surface area contributed by atoms with Gasteiger partial charge in [-0.15, -0.1) is 0 Å². The van der Waals surface area contributed by atoms with Crippen molar-refractivity contribution < 1.29 is 36.9 Å². The number of anilines is 1. The van der Waals surface area contributed by atoms with Crippen LogP contribution in [0.4, 0.5) is 23.4 Å². The molecule has 208 valence electrons. The van der Waals surface area contributed by atoms with E-state index in [0.29, 0.717) is 25.9 Å². The van der Waals surface area contributed by atoms with Crippen molar-refractivity contribution in [1.29, 1.82) is 5.41 Å². The van der Waals surface area contributed by atoms with E-state index in [1.54, 1.807) is 0 Å². The number of nitrogens with one attached hydrogen (secondary N) is 1. The number of ether oxygens (including phenoxy) is 2. The molecule has 0 radical (unpaired) electrons. The van der Waals surface area contributed by atoms with Crippen molar-refractivity contribution in [2.75, 3.05) is 31.7 Å². The van der Waals surface area contributed by atoms with Crippen molar-refractivity contribution in [2.45, 2.75) is 38.0 Å². The Morgan fingerprint density at radius 1 is 1.18 bits per heavy atom. The van der Waals surface area contributed by atoms with Crippen molar-refractivity contribution >= 4 is 17.5 Å². The molecule has 3 atom stereocenters. The number of rotatable bonds is 8. The molecule has 1 aromatic carbocycles. The first kappa shape index (κ1) is 27.1. The highest BCUT2D eigenvalue weighted by Gasteiger charge is 2.43. The number of carbonyl (C=O) groups excluding carboxylic acids is 1. The quantitative estimate of drug-likeness (QED) is 0.195. The summed E-state index contributed by atoms with van der Waals surface area (Å²) in [6, 6.07) is 6.00. The Balaban J connectivity index is 1.24. The van der Waals surface area contributed by atoms with Crippen molar-refractivity contribution in [1.82, 2.24) is 4.98 Å². The van der Waals surface area contributed by atoms with Crippen LogP contribution < -0.4 is 4.90 Å². The Morgan fingerprint density at radius 3 is 2.44 bits per heavy atom. The van der Waals surface area contributed by atoms with Crippen molar-refractivity contribution in [3.63, 3.8) is 0 Å². The lowest BCUT2D eigenvalue weighted by molar-refractivity contribution is -0.137. The fraction of sp³-hybridized carbons (Fsp3) is 0.464. The van der Waals surface area contributed by atoms with Crippen LogP contribution in [0.3, 0.4) is 0 Å². The van der Waals surface area contributed by atoms with E-state index in [9.17, 15) is 27.5 Å². The zero-order valence-corrected chi connectivity index (χ0v) is 21.3. The molecule has 1 aromatic heterocycles. The molecule has 2 N–H and O–H groups in total. The summed E-state index contributed by atoms with van der Waals surface area (Å²) >= 11 is 0. The summed E-state index contributed by atoms with van der Waals surface area (Å²) in [6.45, 7) is 0.944. The van der Waals surface area contributed by atoms with Gasteiger partial charge in [0, 0.05) is 36.3 Å². The molecule has 2 saturated carbocycles. The Bertz CT molecular complexity index is 1290. The van der Waals surface area contributed by atoms with E-state index >= 15 is 0 Å². The molecule has 7 nitrogen and oxygen atoms in total. The predicted molar refractivity (Wildman–Crippen MR) is 134 cm³/mol. The second-order valence-corrected chi connectivity index (χ2v) is 10.4. The average molecular weight is 548 g/mol. The first-order valence-electron chi connectivity index (χ1n) is 12.8. The molecule has 5 rings (SSSR count). The number of carbonyl (C=O) groups is 1. The van der Waals surface area contributed by atoms with Gasteiger partial charge in [0.2, 0.25) is 0 Å². The monoisotopic (exact) mass is 547 g/mol. The average Bonchev–Trinajstić information content (AvgIpc) is 3.59. The van der Waals surface area contributed by atoms with Crippen LogP contribution in [0.5, 0.6) is 0 Å². The van der Waals surface area contributed by atoms with Gasteiger partial charge < -0.3 is 19.5 Å². The Hall–Kier alpha value is -3.47. The summed E-state index contributed by atoms with van der Waals surface area (Å²) in [4.78, 5) is 17.6. The number of nitrogens with zero attached hydrogens (tertiary/aromatic N) is 2. The highest BCUT2D eigenvalue weighted by molar-refractivity contribution is 6.12. The van der Waals surface area contributed by atoms with Crippen LogP contribution in [0.15, 0.2) is 47.9 Å². The normalized spacial score (nSPS) is 23.4. The van der Waals surface area contributed by atoms with Crippen LogP contribution >= 0.6 is 0 Å². The number of esters is 1. The first-order chi connectivity index (χ1) is 18.6. The third-order valence-electron chi connectivity index (χ3n) is 7.79. The van der Waals surface area contributed by atoms with E-state index in [-0.39, 0.29) is 64.5 Å². The Kier molecular flexibility index (Phi) is 7.37. The Morgan fingerprint density at radius 2 is 1.85 bits per heavy atom. The predicted octanol–water partition coefficient (Wildman–Crippen LogP) is 5.55. The molecule has 2 heterocycles. The van der Waals surface area contributed by atoms with Crippen molar-refractivity contribution in [2.24, 2.45) is 17.8 Å². The van der Waals surface area contributed by atoms with Crippen molar-refractivity contribution in [3.05, 3.63) is 70.4 Å². The molecule has 0 spiro atoms. The first-order valence-corrected chi connectivity index (χ1v) is 12.8. The smallest absolute Gasteiger partial charge is 0.417 e. The van der Waals surface area contributed by atoms with Gasteiger partial charge in [-0.1, -0.05) is 18.2 Å². The highest BCUT2D eigenvalue weighted by atomic mass is 19.4. The molecule has 39 heavy (non-hydrogen) atoms. The lowest BCUT2D eigenvalue weighted by atomic mass is 9.95. The number of aromatic nitrogens is 1. The van der Waals surface area contributed by atoms with Gasteiger partial charge in [0.1, 0.15) is 5.76 Å². The summed E-state index contributed by atoms with van der Waals surface area (Å²) in [7, 11) is 1.21. The number of aliphatic hydroxyl groups is 1. The maximum Gasteiger partial charge on any atom is 0.417 e. The van der Waals surface area contributed by atoms with Crippen LogP contribution in [-0.2, 0) is 15.7 Å². The third-order valence-corrected chi connectivity index (χ3v) is 7.79.